The predicted molar refractivity (Wildman–Crippen MR) is 88.7 cm³/mol. The number of cyclic esters (lactones) is 1. The molecule has 2 aromatic carbocycles. The van der Waals surface area contributed by atoms with Crippen LogP contribution in [0.5, 0.6) is 5.75 Å². The first-order chi connectivity index (χ1) is 12.0. The third kappa shape index (κ3) is 3.47. The zero-order valence-electron chi connectivity index (χ0n) is 13.9. The molecule has 0 aliphatic carbocycles. The average Bonchev–Trinajstić information content (AvgIpc) is 2.91. The Hall–Kier alpha value is -2.89. The molecule has 0 saturated carbocycles. The van der Waals surface area contributed by atoms with Gasteiger partial charge >= 0.3 is 5.97 Å². The minimum absolute atomic E-state index is 0.0196. The minimum Gasteiger partial charge on any atom is -0.494 e. The zero-order valence-corrected chi connectivity index (χ0v) is 13.9. The highest BCUT2D eigenvalue weighted by atomic mass is 19.1. The standard InChI is InChI=1S/C19H18FNO4/c1-11(12-7-8-16(24-2)15(20)9-12)21-18(22)10-17-13-5-3-4-6-14(13)19(23)25-17/h3-9,11,17H,10H2,1-2H3,(H,21,22). The van der Waals surface area contributed by atoms with Gasteiger partial charge < -0.3 is 14.8 Å². The number of hydrogen-bond donors (Lipinski definition) is 1. The average molecular weight is 343 g/mol. The van der Waals surface area contributed by atoms with Crippen LogP contribution in [0.3, 0.4) is 0 Å². The van der Waals surface area contributed by atoms with Crippen LogP contribution < -0.4 is 10.1 Å². The summed E-state index contributed by atoms with van der Waals surface area (Å²) in [5.74, 6) is -1.03. The van der Waals surface area contributed by atoms with E-state index in [0.29, 0.717) is 16.7 Å². The van der Waals surface area contributed by atoms with Crippen LogP contribution >= 0.6 is 0 Å². The highest BCUT2D eigenvalue weighted by Crippen LogP contribution is 2.33. The van der Waals surface area contributed by atoms with Gasteiger partial charge in [0.15, 0.2) is 11.6 Å². The van der Waals surface area contributed by atoms with Crippen LogP contribution in [0.2, 0.25) is 0 Å². The maximum absolute atomic E-state index is 13.8. The van der Waals surface area contributed by atoms with Crippen molar-refractivity contribution in [2.75, 3.05) is 7.11 Å². The molecule has 1 amide bonds. The summed E-state index contributed by atoms with van der Waals surface area (Å²) in [4.78, 5) is 24.1. The lowest BCUT2D eigenvalue weighted by molar-refractivity contribution is -0.123. The summed E-state index contributed by atoms with van der Waals surface area (Å²) in [6.45, 7) is 1.76. The highest BCUT2D eigenvalue weighted by molar-refractivity contribution is 5.94. The number of amides is 1. The van der Waals surface area contributed by atoms with Crippen molar-refractivity contribution < 1.29 is 23.5 Å². The van der Waals surface area contributed by atoms with Crippen molar-refractivity contribution in [1.82, 2.24) is 5.32 Å². The lowest BCUT2D eigenvalue weighted by atomic mass is 10.0. The fourth-order valence-electron chi connectivity index (χ4n) is 2.88. The van der Waals surface area contributed by atoms with E-state index in [1.807, 2.05) is 0 Å². The number of esters is 1. The van der Waals surface area contributed by atoms with Gasteiger partial charge in [-0.3, -0.25) is 4.79 Å². The summed E-state index contributed by atoms with van der Waals surface area (Å²) in [7, 11) is 1.39. The van der Waals surface area contributed by atoms with E-state index >= 15 is 0 Å². The second kappa shape index (κ2) is 6.93. The van der Waals surface area contributed by atoms with Gasteiger partial charge in [0.05, 0.1) is 25.1 Å². The van der Waals surface area contributed by atoms with Crippen molar-refractivity contribution in [3.05, 3.63) is 65.0 Å². The van der Waals surface area contributed by atoms with Gasteiger partial charge in [-0.2, -0.15) is 0 Å². The number of hydrogen-bond acceptors (Lipinski definition) is 4. The van der Waals surface area contributed by atoms with Gasteiger partial charge in [0.1, 0.15) is 6.10 Å². The van der Waals surface area contributed by atoms with E-state index in [1.54, 1.807) is 37.3 Å². The number of carbonyl (C=O) groups is 2. The molecule has 6 heteroatoms. The van der Waals surface area contributed by atoms with Crippen molar-refractivity contribution in [3.63, 3.8) is 0 Å². The molecule has 0 bridgehead atoms. The van der Waals surface area contributed by atoms with Crippen LogP contribution in [0, 0.1) is 5.82 Å². The Kier molecular flexibility index (Phi) is 4.70. The van der Waals surface area contributed by atoms with Crippen molar-refractivity contribution in [2.24, 2.45) is 0 Å². The first-order valence-electron chi connectivity index (χ1n) is 7.92. The first-order valence-corrected chi connectivity index (χ1v) is 7.92. The molecular weight excluding hydrogens is 325 g/mol. The molecule has 0 spiro atoms. The quantitative estimate of drug-likeness (QED) is 0.846. The Morgan fingerprint density at radius 2 is 2.08 bits per heavy atom. The van der Waals surface area contributed by atoms with Gasteiger partial charge in [-0.05, 0) is 30.7 Å². The minimum atomic E-state index is -0.594. The van der Waals surface area contributed by atoms with Crippen molar-refractivity contribution >= 4 is 11.9 Å². The monoisotopic (exact) mass is 343 g/mol. The molecule has 2 unspecified atom stereocenters. The number of fused-ring (bicyclic) bond motifs is 1. The molecular formula is C19H18FNO4. The van der Waals surface area contributed by atoms with Crippen LogP contribution in [-0.2, 0) is 9.53 Å². The number of ether oxygens (including phenoxy) is 2. The Balaban J connectivity index is 1.65. The summed E-state index contributed by atoms with van der Waals surface area (Å²) in [6, 6.07) is 11.2. The molecule has 0 fully saturated rings. The van der Waals surface area contributed by atoms with Gasteiger partial charge in [-0.1, -0.05) is 24.3 Å². The van der Waals surface area contributed by atoms with Crippen LogP contribution in [0.25, 0.3) is 0 Å². The lowest BCUT2D eigenvalue weighted by Crippen LogP contribution is -2.28. The molecule has 2 aromatic rings. The normalized spacial score (nSPS) is 16.8. The SMILES string of the molecule is COc1ccc(C(C)NC(=O)CC2OC(=O)c3ccccc32)cc1F. The largest absolute Gasteiger partial charge is 0.494 e. The number of rotatable bonds is 5. The summed E-state index contributed by atoms with van der Waals surface area (Å²) < 4.78 is 23.9. The summed E-state index contributed by atoms with van der Waals surface area (Å²) >= 11 is 0. The van der Waals surface area contributed by atoms with Crippen molar-refractivity contribution in [3.8, 4) is 5.75 Å². The maximum atomic E-state index is 13.8. The highest BCUT2D eigenvalue weighted by Gasteiger charge is 2.32. The fourth-order valence-corrected chi connectivity index (χ4v) is 2.88. The van der Waals surface area contributed by atoms with E-state index < -0.39 is 17.9 Å². The smallest absolute Gasteiger partial charge is 0.339 e. The molecule has 1 heterocycles. The van der Waals surface area contributed by atoms with E-state index in [2.05, 4.69) is 5.32 Å². The molecule has 5 nitrogen and oxygen atoms in total. The number of nitrogens with one attached hydrogen (secondary N) is 1. The van der Waals surface area contributed by atoms with E-state index in [1.165, 1.54) is 19.2 Å². The third-order valence-electron chi connectivity index (χ3n) is 4.20. The van der Waals surface area contributed by atoms with E-state index in [-0.39, 0.29) is 24.1 Å². The van der Waals surface area contributed by atoms with Gasteiger partial charge in [0, 0.05) is 5.56 Å². The predicted octanol–water partition coefficient (Wildman–Crippen LogP) is 3.31. The topological polar surface area (TPSA) is 64.6 Å². The molecule has 1 N–H and O–H groups in total. The molecule has 0 radical (unpaired) electrons. The van der Waals surface area contributed by atoms with Crippen LogP contribution in [0.15, 0.2) is 42.5 Å². The molecule has 0 saturated heterocycles. The number of benzene rings is 2. The Morgan fingerprint density at radius 3 is 2.80 bits per heavy atom. The van der Waals surface area contributed by atoms with Gasteiger partial charge in [-0.25, -0.2) is 9.18 Å². The number of carbonyl (C=O) groups excluding carboxylic acids is 2. The van der Waals surface area contributed by atoms with E-state index in [9.17, 15) is 14.0 Å². The molecule has 1 aliphatic rings. The number of halogens is 1. The molecule has 0 aromatic heterocycles. The molecule has 2 atom stereocenters. The van der Waals surface area contributed by atoms with E-state index in [0.717, 1.165) is 0 Å². The maximum Gasteiger partial charge on any atom is 0.339 e. The Bertz CT molecular complexity index is 821. The third-order valence-corrected chi connectivity index (χ3v) is 4.20. The van der Waals surface area contributed by atoms with Crippen LogP contribution in [0.1, 0.15) is 47.0 Å². The molecule has 3 rings (SSSR count). The zero-order chi connectivity index (χ0) is 18.0. The van der Waals surface area contributed by atoms with Crippen molar-refractivity contribution in [2.45, 2.75) is 25.5 Å². The molecule has 1 aliphatic heterocycles. The van der Waals surface area contributed by atoms with Gasteiger partial charge in [0.2, 0.25) is 5.91 Å². The first kappa shape index (κ1) is 17.0. The molecule has 25 heavy (non-hydrogen) atoms. The summed E-state index contributed by atoms with van der Waals surface area (Å²) in [5.41, 5.74) is 1.83. The second-order valence-corrected chi connectivity index (χ2v) is 5.87. The fraction of sp³-hybridized carbons (Fsp3) is 0.263. The summed E-state index contributed by atoms with van der Waals surface area (Å²) in [5, 5.41) is 2.80. The van der Waals surface area contributed by atoms with Crippen LogP contribution in [-0.4, -0.2) is 19.0 Å². The van der Waals surface area contributed by atoms with Gasteiger partial charge in [0.25, 0.3) is 0 Å². The van der Waals surface area contributed by atoms with Gasteiger partial charge in [-0.15, -0.1) is 0 Å². The van der Waals surface area contributed by atoms with E-state index in [4.69, 9.17) is 9.47 Å². The lowest BCUT2D eigenvalue weighted by Gasteiger charge is -2.17. The Morgan fingerprint density at radius 1 is 1.32 bits per heavy atom. The van der Waals surface area contributed by atoms with Crippen molar-refractivity contribution in [1.29, 1.82) is 0 Å². The second-order valence-electron chi connectivity index (χ2n) is 5.87. The molecule has 130 valence electrons. The van der Waals surface area contributed by atoms with Crippen LogP contribution in [0.4, 0.5) is 4.39 Å². The number of methoxy groups -OCH3 is 1. The summed E-state index contributed by atoms with van der Waals surface area (Å²) in [6.07, 6.45) is -0.574. The Labute approximate surface area is 144 Å².